The van der Waals surface area contributed by atoms with Gasteiger partial charge in [0.2, 0.25) is 0 Å². The van der Waals surface area contributed by atoms with Crippen molar-refractivity contribution in [2.45, 2.75) is 6.92 Å². The van der Waals surface area contributed by atoms with E-state index in [2.05, 4.69) is 10.5 Å². The normalized spacial score (nSPS) is 11.6. The molecule has 0 saturated carbocycles. The van der Waals surface area contributed by atoms with Crippen LogP contribution in [0.3, 0.4) is 0 Å². The molecule has 1 heterocycles. The lowest BCUT2D eigenvalue weighted by Crippen LogP contribution is -2.19. The number of hydrogen-bond donors (Lipinski definition) is 1. The molecule has 1 aromatic heterocycles. The van der Waals surface area contributed by atoms with Gasteiger partial charge >= 0.3 is 0 Å². The highest BCUT2D eigenvalue weighted by molar-refractivity contribution is 6.07. The second-order valence-corrected chi connectivity index (χ2v) is 4.64. The highest BCUT2D eigenvalue weighted by Crippen LogP contribution is 2.18. The van der Waals surface area contributed by atoms with Gasteiger partial charge in [-0.3, -0.25) is 4.79 Å². The Balaban J connectivity index is 1.86. The predicted molar refractivity (Wildman–Crippen MR) is 82.3 cm³/mol. The van der Waals surface area contributed by atoms with Gasteiger partial charge in [0, 0.05) is 5.56 Å². The molecule has 0 bridgehead atoms. The number of carbonyl (C=O) groups excluding carboxylic acids is 1. The molecule has 21 heavy (non-hydrogen) atoms. The highest BCUT2D eigenvalue weighted by atomic mass is 16.3. The molecule has 0 unspecified atom stereocenters. The van der Waals surface area contributed by atoms with Gasteiger partial charge in [-0.15, -0.1) is 0 Å². The maximum absolute atomic E-state index is 12.3. The van der Waals surface area contributed by atoms with Crippen LogP contribution in [-0.4, -0.2) is 11.6 Å². The average molecular weight is 278 g/mol. The minimum absolute atomic E-state index is 0.238. The molecule has 0 aliphatic carbocycles. The quantitative estimate of drug-likeness (QED) is 0.588. The summed E-state index contributed by atoms with van der Waals surface area (Å²) in [6, 6.07) is 17.0. The van der Waals surface area contributed by atoms with Gasteiger partial charge in [0.15, 0.2) is 0 Å². The van der Waals surface area contributed by atoms with Crippen LogP contribution in [0.15, 0.2) is 70.4 Å². The maximum Gasteiger partial charge on any atom is 0.272 e. The standard InChI is InChI=1S/C17H14N2O2/c1-12(16-10-5-11-21-16)18-19-17(20)15-9-4-7-13-6-2-3-8-14(13)15/h2-11H,1H3,(H,19,20). The lowest BCUT2D eigenvalue weighted by atomic mass is 10.0. The molecule has 2 aromatic carbocycles. The Kier molecular flexibility index (Phi) is 3.51. The summed E-state index contributed by atoms with van der Waals surface area (Å²) < 4.78 is 5.22. The average Bonchev–Trinajstić information content (AvgIpc) is 3.06. The van der Waals surface area contributed by atoms with Crippen molar-refractivity contribution >= 4 is 22.4 Å². The Hall–Kier alpha value is -2.88. The molecule has 0 spiro atoms. The molecule has 4 heteroatoms. The summed E-state index contributed by atoms with van der Waals surface area (Å²) in [7, 11) is 0. The number of hydrogen-bond acceptors (Lipinski definition) is 3. The van der Waals surface area contributed by atoms with E-state index in [1.807, 2.05) is 36.4 Å². The van der Waals surface area contributed by atoms with Crippen LogP contribution in [0.5, 0.6) is 0 Å². The number of hydrazone groups is 1. The summed E-state index contributed by atoms with van der Waals surface area (Å²) in [5, 5.41) is 6.00. The number of benzene rings is 2. The summed E-state index contributed by atoms with van der Waals surface area (Å²) in [5.74, 6) is 0.394. The third-order valence-electron chi connectivity index (χ3n) is 3.24. The lowest BCUT2D eigenvalue weighted by molar-refractivity contribution is 0.0956. The fraction of sp³-hybridized carbons (Fsp3) is 0.0588. The molecule has 3 aromatic rings. The van der Waals surface area contributed by atoms with E-state index in [1.165, 1.54) is 0 Å². The van der Waals surface area contributed by atoms with E-state index in [0.717, 1.165) is 10.8 Å². The van der Waals surface area contributed by atoms with Gasteiger partial charge in [-0.2, -0.15) is 5.10 Å². The number of nitrogens with zero attached hydrogens (tertiary/aromatic N) is 1. The van der Waals surface area contributed by atoms with Crippen LogP contribution < -0.4 is 5.43 Å². The first-order valence-corrected chi connectivity index (χ1v) is 6.62. The molecular formula is C17H14N2O2. The highest BCUT2D eigenvalue weighted by Gasteiger charge is 2.09. The van der Waals surface area contributed by atoms with Crippen molar-refractivity contribution in [2.24, 2.45) is 5.10 Å². The van der Waals surface area contributed by atoms with Crippen LogP contribution in [0, 0.1) is 0 Å². The topological polar surface area (TPSA) is 54.6 Å². The Labute approximate surface area is 122 Å². The number of fused-ring (bicyclic) bond motifs is 1. The van der Waals surface area contributed by atoms with E-state index in [9.17, 15) is 4.79 Å². The van der Waals surface area contributed by atoms with Gasteiger partial charge in [0.05, 0.1) is 6.26 Å². The summed E-state index contributed by atoms with van der Waals surface area (Å²) >= 11 is 0. The van der Waals surface area contributed by atoms with E-state index in [1.54, 1.807) is 31.4 Å². The van der Waals surface area contributed by atoms with Crippen molar-refractivity contribution in [1.29, 1.82) is 0 Å². The molecule has 0 aliphatic rings. The van der Waals surface area contributed by atoms with Crippen molar-refractivity contribution in [3.8, 4) is 0 Å². The molecule has 0 saturated heterocycles. The Morgan fingerprint density at radius 3 is 2.67 bits per heavy atom. The maximum atomic E-state index is 12.3. The Morgan fingerprint density at radius 2 is 1.86 bits per heavy atom. The minimum Gasteiger partial charge on any atom is -0.463 e. The third kappa shape index (κ3) is 2.69. The number of carbonyl (C=O) groups is 1. The van der Waals surface area contributed by atoms with E-state index < -0.39 is 0 Å². The fourth-order valence-electron chi connectivity index (χ4n) is 2.16. The molecule has 104 valence electrons. The van der Waals surface area contributed by atoms with Gasteiger partial charge in [-0.05, 0) is 35.9 Å². The summed E-state index contributed by atoms with van der Waals surface area (Å²) in [6.07, 6.45) is 1.57. The molecule has 0 aliphatic heterocycles. The molecule has 0 radical (unpaired) electrons. The zero-order valence-electron chi connectivity index (χ0n) is 11.5. The molecule has 0 atom stereocenters. The zero-order chi connectivity index (χ0) is 14.7. The van der Waals surface area contributed by atoms with Crippen LogP contribution >= 0.6 is 0 Å². The van der Waals surface area contributed by atoms with Crippen LogP contribution in [0.2, 0.25) is 0 Å². The van der Waals surface area contributed by atoms with E-state index in [0.29, 0.717) is 17.0 Å². The number of furan rings is 1. The van der Waals surface area contributed by atoms with Gasteiger partial charge in [-0.25, -0.2) is 5.43 Å². The summed E-state index contributed by atoms with van der Waals surface area (Å²) in [6.45, 7) is 1.78. The second kappa shape index (κ2) is 5.63. The first-order valence-electron chi connectivity index (χ1n) is 6.62. The number of rotatable bonds is 3. The van der Waals surface area contributed by atoms with Crippen molar-refractivity contribution < 1.29 is 9.21 Å². The third-order valence-corrected chi connectivity index (χ3v) is 3.24. The zero-order valence-corrected chi connectivity index (χ0v) is 11.5. The smallest absolute Gasteiger partial charge is 0.272 e. The van der Waals surface area contributed by atoms with Crippen LogP contribution in [0.25, 0.3) is 10.8 Å². The summed E-state index contributed by atoms with van der Waals surface area (Å²) in [4.78, 5) is 12.3. The number of amides is 1. The molecule has 1 N–H and O–H groups in total. The van der Waals surface area contributed by atoms with Crippen molar-refractivity contribution in [1.82, 2.24) is 5.43 Å². The minimum atomic E-state index is -0.238. The Morgan fingerprint density at radius 1 is 1.05 bits per heavy atom. The van der Waals surface area contributed by atoms with Crippen molar-refractivity contribution in [3.63, 3.8) is 0 Å². The van der Waals surface area contributed by atoms with Crippen LogP contribution in [0.4, 0.5) is 0 Å². The molecule has 3 rings (SSSR count). The largest absolute Gasteiger partial charge is 0.463 e. The van der Waals surface area contributed by atoms with Gasteiger partial charge < -0.3 is 4.42 Å². The molecule has 1 amide bonds. The molecular weight excluding hydrogens is 264 g/mol. The van der Waals surface area contributed by atoms with Gasteiger partial charge in [-0.1, -0.05) is 36.4 Å². The van der Waals surface area contributed by atoms with Crippen LogP contribution in [0.1, 0.15) is 23.0 Å². The lowest BCUT2D eigenvalue weighted by Gasteiger charge is -2.05. The van der Waals surface area contributed by atoms with E-state index in [4.69, 9.17) is 4.42 Å². The first kappa shape index (κ1) is 13.1. The number of nitrogens with one attached hydrogen (secondary N) is 1. The SMILES string of the molecule is CC(=NNC(=O)c1cccc2ccccc12)c1ccco1. The molecule has 4 nitrogen and oxygen atoms in total. The monoisotopic (exact) mass is 278 g/mol. The van der Waals surface area contributed by atoms with Crippen molar-refractivity contribution in [2.75, 3.05) is 0 Å². The van der Waals surface area contributed by atoms with E-state index >= 15 is 0 Å². The molecule has 0 fully saturated rings. The van der Waals surface area contributed by atoms with Gasteiger partial charge in [0.25, 0.3) is 5.91 Å². The van der Waals surface area contributed by atoms with Crippen LogP contribution in [-0.2, 0) is 0 Å². The second-order valence-electron chi connectivity index (χ2n) is 4.64. The van der Waals surface area contributed by atoms with Crippen molar-refractivity contribution in [3.05, 3.63) is 72.2 Å². The Bertz CT molecular complexity index is 799. The fourth-order valence-corrected chi connectivity index (χ4v) is 2.16. The first-order chi connectivity index (χ1) is 10.3. The van der Waals surface area contributed by atoms with E-state index in [-0.39, 0.29) is 5.91 Å². The predicted octanol–water partition coefficient (Wildman–Crippen LogP) is 3.59. The van der Waals surface area contributed by atoms with Gasteiger partial charge in [0.1, 0.15) is 11.5 Å². The summed E-state index contributed by atoms with van der Waals surface area (Å²) in [5.41, 5.74) is 3.79.